The number of nitrogens with one attached hydrogen (secondary N) is 1. The normalized spacial score (nSPS) is 13.4. The summed E-state index contributed by atoms with van der Waals surface area (Å²) in [7, 11) is 1.67. The molecule has 1 aromatic heterocycles. The molecule has 0 fully saturated rings. The summed E-state index contributed by atoms with van der Waals surface area (Å²) in [5.74, 6) is -0.0740. The van der Waals surface area contributed by atoms with E-state index in [1.165, 1.54) is 11.8 Å². The van der Waals surface area contributed by atoms with E-state index in [4.69, 9.17) is 27.9 Å². The summed E-state index contributed by atoms with van der Waals surface area (Å²) >= 11 is 13.6. The Morgan fingerprint density at radius 2 is 2.04 bits per heavy atom. The van der Waals surface area contributed by atoms with Crippen molar-refractivity contribution in [2.24, 2.45) is 0 Å². The fourth-order valence-corrected chi connectivity index (χ4v) is 4.24. The van der Waals surface area contributed by atoms with Crippen molar-refractivity contribution < 1.29 is 9.53 Å². The molecule has 0 saturated carbocycles. The van der Waals surface area contributed by atoms with Crippen LogP contribution < -0.4 is 5.32 Å². The maximum Gasteiger partial charge on any atom is 0.233 e. The zero-order valence-corrected chi connectivity index (χ0v) is 18.5. The smallest absolute Gasteiger partial charge is 0.233 e. The number of carbonyl (C=O) groups excluding carboxylic acids is 1. The quantitative estimate of drug-likeness (QED) is 0.611. The summed E-state index contributed by atoms with van der Waals surface area (Å²) in [5, 5.41) is 4.64. The van der Waals surface area contributed by atoms with Gasteiger partial charge in [0.2, 0.25) is 5.91 Å². The van der Waals surface area contributed by atoms with Crippen LogP contribution in [-0.2, 0) is 16.1 Å². The second kappa shape index (κ2) is 9.82. The van der Waals surface area contributed by atoms with Crippen molar-refractivity contribution in [3.8, 4) is 0 Å². The number of hydrogen-bond donors (Lipinski definition) is 1. The van der Waals surface area contributed by atoms with Gasteiger partial charge in [0.1, 0.15) is 0 Å². The summed E-state index contributed by atoms with van der Waals surface area (Å²) in [6.07, 6.45) is 0. The second-order valence-electron chi connectivity index (χ2n) is 6.37. The van der Waals surface area contributed by atoms with Gasteiger partial charge in [0, 0.05) is 29.4 Å². The molecule has 2 rings (SSSR count). The van der Waals surface area contributed by atoms with Gasteiger partial charge in [0.05, 0.1) is 23.6 Å². The minimum Gasteiger partial charge on any atom is -0.383 e. The van der Waals surface area contributed by atoms with Gasteiger partial charge < -0.3 is 14.6 Å². The highest BCUT2D eigenvalue weighted by Gasteiger charge is 2.22. The molecule has 2 unspecified atom stereocenters. The van der Waals surface area contributed by atoms with Crippen LogP contribution in [0.2, 0.25) is 10.0 Å². The third kappa shape index (κ3) is 5.64. The third-order valence-corrected chi connectivity index (χ3v) is 6.03. The fraction of sp³-hybridized carbons (Fsp3) is 0.474. The lowest BCUT2D eigenvalue weighted by atomic mass is 10.1. The van der Waals surface area contributed by atoms with E-state index >= 15 is 0 Å². The molecule has 0 radical (unpaired) electrons. The Kier molecular flexibility index (Phi) is 8.04. The molecule has 1 N–H and O–H groups in total. The van der Waals surface area contributed by atoms with Crippen LogP contribution in [0, 0.1) is 13.8 Å². The van der Waals surface area contributed by atoms with Crippen molar-refractivity contribution in [2.45, 2.75) is 50.7 Å². The van der Waals surface area contributed by atoms with Crippen molar-refractivity contribution in [1.29, 1.82) is 0 Å². The number of amides is 1. The van der Waals surface area contributed by atoms with E-state index in [-0.39, 0.29) is 17.2 Å². The lowest BCUT2D eigenvalue weighted by Crippen LogP contribution is -2.33. The summed E-state index contributed by atoms with van der Waals surface area (Å²) < 4.78 is 7.27. The molecule has 5 nitrogen and oxygen atoms in total. The number of aromatic nitrogens is 2. The number of hydrogen-bond acceptors (Lipinski definition) is 4. The Hall–Kier alpha value is -1.21. The number of halogens is 2. The van der Waals surface area contributed by atoms with E-state index in [1.54, 1.807) is 19.2 Å². The Morgan fingerprint density at radius 3 is 2.67 bits per heavy atom. The Bertz CT molecular complexity index is 810. The summed E-state index contributed by atoms with van der Waals surface area (Å²) in [6, 6.07) is 5.05. The Morgan fingerprint density at radius 1 is 1.33 bits per heavy atom. The first-order valence-corrected chi connectivity index (χ1v) is 10.3. The molecule has 8 heteroatoms. The standard InChI is InChI=1S/C19H25Cl2N3O2S/c1-11-13(3)24(8-9-26-5)19(23-11)27-14(4)18(25)22-12(2)16-7-6-15(20)10-17(16)21/h6-7,10,12,14H,8-9H2,1-5H3,(H,22,25). The molecule has 1 amide bonds. The van der Waals surface area contributed by atoms with Gasteiger partial charge >= 0.3 is 0 Å². The SMILES string of the molecule is COCCn1c(SC(C)C(=O)NC(C)c2ccc(Cl)cc2Cl)nc(C)c1C. The average Bonchev–Trinajstić information content (AvgIpc) is 2.86. The van der Waals surface area contributed by atoms with Gasteiger partial charge in [-0.3, -0.25) is 4.79 Å². The van der Waals surface area contributed by atoms with Crippen LogP contribution in [0.1, 0.15) is 36.8 Å². The van der Waals surface area contributed by atoms with Gasteiger partial charge in [-0.25, -0.2) is 4.98 Å². The van der Waals surface area contributed by atoms with Gasteiger partial charge in [-0.2, -0.15) is 0 Å². The molecular formula is C19H25Cl2N3O2S. The lowest BCUT2D eigenvalue weighted by Gasteiger charge is -2.19. The lowest BCUT2D eigenvalue weighted by molar-refractivity contribution is -0.120. The Labute approximate surface area is 174 Å². The summed E-state index contributed by atoms with van der Waals surface area (Å²) in [4.78, 5) is 17.3. The van der Waals surface area contributed by atoms with Crippen LogP contribution in [0.15, 0.2) is 23.4 Å². The van der Waals surface area contributed by atoms with E-state index in [2.05, 4.69) is 14.9 Å². The maximum atomic E-state index is 12.7. The first kappa shape index (κ1) is 22.1. The first-order chi connectivity index (χ1) is 12.7. The van der Waals surface area contributed by atoms with Crippen molar-refractivity contribution in [3.05, 3.63) is 45.2 Å². The molecule has 2 aromatic rings. The molecule has 2 atom stereocenters. The fourth-order valence-electron chi connectivity index (χ4n) is 2.63. The van der Waals surface area contributed by atoms with Crippen molar-refractivity contribution in [2.75, 3.05) is 13.7 Å². The zero-order valence-electron chi connectivity index (χ0n) is 16.2. The third-order valence-electron chi connectivity index (χ3n) is 4.38. The minimum absolute atomic E-state index is 0.0740. The number of aryl methyl sites for hydroxylation is 1. The van der Waals surface area contributed by atoms with Crippen LogP contribution in [0.3, 0.4) is 0 Å². The van der Waals surface area contributed by atoms with Crippen LogP contribution in [0.4, 0.5) is 0 Å². The van der Waals surface area contributed by atoms with E-state index < -0.39 is 0 Å². The number of benzene rings is 1. The number of ether oxygens (including phenoxy) is 1. The van der Waals surface area contributed by atoms with Gasteiger partial charge in [-0.15, -0.1) is 0 Å². The van der Waals surface area contributed by atoms with Crippen LogP contribution in [-0.4, -0.2) is 34.4 Å². The number of thioether (sulfide) groups is 1. The van der Waals surface area contributed by atoms with E-state index in [0.29, 0.717) is 23.2 Å². The molecule has 0 bridgehead atoms. The van der Waals surface area contributed by atoms with Gasteiger partial charge in [0.25, 0.3) is 0 Å². The van der Waals surface area contributed by atoms with Crippen molar-refractivity contribution >= 4 is 40.9 Å². The van der Waals surface area contributed by atoms with Crippen molar-refractivity contribution in [1.82, 2.24) is 14.9 Å². The highest BCUT2D eigenvalue weighted by Crippen LogP contribution is 2.28. The van der Waals surface area contributed by atoms with E-state index in [0.717, 1.165) is 22.1 Å². The first-order valence-electron chi connectivity index (χ1n) is 8.69. The van der Waals surface area contributed by atoms with Crippen LogP contribution in [0.25, 0.3) is 0 Å². The molecular weight excluding hydrogens is 405 g/mol. The maximum absolute atomic E-state index is 12.7. The van der Waals surface area contributed by atoms with Crippen LogP contribution >= 0.6 is 35.0 Å². The summed E-state index contributed by atoms with van der Waals surface area (Å²) in [5.41, 5.74) is 2.88. The number of carbonyl (C=O) groups is 1. The predicted molar refractivity (Wildman–Crippen MR) is 112 cm³/mol. The highest BCUT2D eigenvalue weighted by molar-refractivity contribution is 8.00. The average molecular weight is 430 g/mol. The van der Waals surface area contributed by atoms with Gasteiger partial charge in [-0.1, -0.05) is 41.0 Å². The molecule has 27 heavy (non-hydrogen) atoms. The Balaban J connectivity index is 2.06. The topological polar surface area (TPSA) is 56.1 Å². The molecule has 0 aliphatic carbocycles. The number of rotatable bonds is 8. The largest absolute Gasteiger partial charge is 0.383 e. The zero-order chi connectivity index (χ0) is 20.1. The van der Waals surface area contributed by atoms with Crippen LogP contribution in [0.5, 0.6) is 0 Å². The van der Waals surface area contributed by atoms with E-state index in [1.807, 2.05) is 33.8 Å². The monoisotopic (exact) mass is 429 g/mol. The second-order valence-corrected chi connectivity index (χ2v) is 8.52. The van der Waals surface area contributed by atoms with Crippen molar-refractivity contribution in [3.63, 3.8) is 0 Å². The highest BCUT2D eigenvalue weighted by atomic mass is 35.5. The minimum atomic E-state index is -0.305. The molecule has 0 aliphatic heterocycles. The molecule has 0 aliphatic rings. The van der Waals surface area contributed by atoms with Gasteiger partial charge in [0.15, 0.2) is 5.16 Å². The molecule has 148 valence electrons. The molecule has 0 saturated heterocycles. The molecule has 1 aromatic carbocycles. The predicted octanol–water partition coefficient (Wildman–Crippen LogP) is 4.81. The molecule has 1 heterocycles. The molecule has 0 spiro atoms. The number of methoxy groups -OCH3 is 1. The van der Waals surface area contributed by atoms with E-state index in [9.17, 15) is 4.79 Å². The summed E-state index contributed by atoms with van der Waals surface area (Å²) in [6.45, 7) is 9.07. The number of imidazole rings is 1. The number of nitrogens with zero attached hydrogens (tertiary/aromatic N) is 2. The van der Waals surface area contributed by atoms with Gasteiger partial charge in [-0.05, 0) is 45.4 Å².